The SMILES string of the molecule is CC(C)[NH+]1CC=C2C(C#N)C(=N)C(C#N)(C#N)[C@@H](c3cccc(Cl)c3Cl)[C@@H]2C1. The molecule has 1 fully saturated rings. The van der Waals surface area contributed by atoms with E-state index in [2.05, 4.69) is 32.1 Å². The van der Waals surface area contributed by atoms with Crippen molar-refractivity contribution in [3.8, 4) is 18.2 Å². The first-order valence-electron chi connectivity index (χ1n) is 9.11. The summed E-state index contributed by atoms with van der Waals surface area (Å²) in [5, 5.41) is 39.1. The number of hydrogen-bond donors (Lipinski definition) is 2. The van der Waals surface area contributed by atoms with Crippen LogP contribution in [-0.2, 0) is 0 Å². The second-order valence-corrected chi connectivity index (χ2v) is 8.45. The van der Waals surface area contributed by atoms with Gasteiger partial charge in [0.05, 0.1) is 53.1 Å². The van der Waals surface area contributed by atoms with E-state index in [9.17, 15) is 15.8 Å². The van der Waals surface area contributed by atoms with Crippen molar-refractivity contribution < 1.29 is 4.90 Å². The summed E-state index contributed by atoms with van der Waals surface area (Å²) in [4.78, 5) is 1.30. The molecule has 4 atom stereocenters. The Kier molecular flexibility index (Phi) is 5.51. The number of fused-ring (bicyclic) bond motifs is 1. The topological polar surface area (TPSA) is 99.7 Å². The van der Waals surface area contributed by atoms with E-state index in [-0.39, 0.29) is 11.6 Å². The molecule has 142 valence electrons. The van der Waals surface area contributed by atoms with Gasteiger partial charge in [0.15, 0.2) is 5.41 Å². The van der Waals surface area contributed by atoms with Crippen LogP contribution in [-0.4, -0.2) is 24.8 Å². The normalized spacial score (nSPS) is 28.5. The van der Waals surface area contributed by atoms with Crippen LogP contribution in [0.4, 0.5) is 0 Å². The fraction of sp³-hybridized carbons (Fsp3) is 0.429. The van der Waals surface area contributed by atoms with Gasteiger partial charge in [-0.1, -0.05) is 35.3 Å². The average Bonchev–Trinajstić information content (AvgIpc) is 2.69. The van der Waals surface area contributed by atoms with Gasteiger partial charge in [0.25, 0.3) is 0 Å². The van der Waals surface area contributed by atoms with Gasteiger partial charge < -0.3 is 10.3 Å². The predicted octanol–water partition coefficient (Wildman–Crippen LogP) is 3.13. The van der Waals surface area contributed by atoms with Gasteiger partial charge in [-0.25, -0.2) is 0 Å². The lowest BCUT2D eigenvalue weighted by Gasteiger charge is -2.47. The van der Waals surface area contributed by atoms with Gasteiger partial charge in [0.2, 0.25) is 0 Å². The minimum atomic E-state index is -1.77. The summed E-state index contributed by atoms with van der Waals surface area (Å²) in [5.41, 5.74) is -0.536. The summed E-state index contributed by atoms with van der Waals surface area (Å²) < 4.78 is 0. The molecular formula is C21H20Cl2N5+. The van der Waals surface area contributed by atoms with Gasteiger partial charge in [-0.3, -0.25) is 0 Å². The van der Waals surface area contributed by atoms with Crippen molar-refractivity contribution in [2.45, 2.75) is 25.8 Å². The Morgan fingerprint density at radius 2 is 1.89 bits per heavy atom. The number of nitrogens with zero attached hydrogens (tertiary/aromatic N) is 3. The second-order valence-electron chi connectivity index (χ2n) is 7.66. The molecule has 2 N–H and O–H groups in total. The number of rotatable bonds is 2. The highest BCUT2D eigenvalue weighted by Gasteiger charge is 2.59. The lowest BCUT2D eigenvalue weighted by molar-refractivity contribution is -0.920. The van der Waals surface area contributed by atoms with E-state index in [0.717, 1.165) is 12.1 Å². The van der Waals surface area contributed by atoms with Crippen molar-refractivity contribution in [3.63, 3.8) is 0 Å². The maximum atomic E-state index is 10.1. The van der Waals surface area contributed by atoms with E-state index >= 15 is 0 Å². The van der Waals surface area contributed by atoms with E-state index in [1.165, 1.54) is 4.90 Å². The van der Waals surface area contributed by atoms with Crippen molar-refractivity contribution in [3.05, 3.63) is 45.5 Å². The van der Waals surface area contributed by atoms with Gasteiger partial charge in [-0.05, 0) is 37.1 Å². The molecule has 28 heavy (non-hydrogen) atoms. The fourth-order valence-corrected chi connectivity index (χ4v) is 4.92. The molecule has 7 heteroatoms. The number of quaternary nitrogens is 1. The Balaban J connectivity index is 2.30. The highest BCUT2D eigenvalue weighted by Crippen LogP contribution is 2.54. The lowest BCUT2D eigenvalue weighted by atomic mass is 9.54. The third-order valence-corrected chi connectivity index (χ3v) is 6.87. The molecule has 3 rings (SSSR count). The largest absolute Gasteiger partial charge is 0.329 e. The van der Waals surface area contributed by atoms with Crippen LogP contribution in [0.5, 0.6) is 0 Å². The molecule has 2 unspecified atom stereocenters. The van der Waals surface area contributed by atoms with Crippen molar-refractivity contribution in [2.75, 3.05) is 13.1 Å². The smallest absolute Gasteiger partial charge is 0.190 e. The average molecular weight is 413 g/mol. The van der Waals surface area contributed by atoms with Gasteiger partial charge in [-0.2, -0.15) is 15.8 Å². The summed E-state index contributed by atoms with van der Waals surface area (Å²) >= 11 is 12.7. The minimum absolute atomic E-state index is 0.170. The van der Waals surface area contributed by atoms with E-state index in [1.54, 1.807) is 18.2 Å². The van der Waals surface area contributed by atoms with Gasteiger partial charge in [-0.15, -0.1) is 0 Å². The summed E-state index contributed by atoms with van der Waals surface area (Å²) in [6.07, 6.45) is 2.01. The summed E-state index contributed by atoms with van der Waals surface area (Å²) in [6, 6.07) is 11.8. The first-order chi connectivity index (χ1) is 13.3. The Labute approximate surface area is 174 Å². The van der Waals surface area contributed by atoms with Crippen LogP contribution >= 0.6 is 23.2 Å². The first-order valence-corrected chi connectivity index (χ1v) is 9.87. The summed E-state index contributed by atoms with van der Waals surface area (Å²) in [6.45, 7) is 5.64. The van der Waals surface area contributed by atoms with Crippen molar-refractivity contribution >= 4 is 28.9 Å². The standard InChI is InChI=1S/C21H19Cl2N5/c1-12(2)28-7-6-13-15(8-24)20(27)21(10-25,11-26)18(16(13)9-28)14-4-3-5-17(22)19(14)23/h3-6,12,15-16,18,27H,7,9H2,1-2H3/p+1/t15?,16-,18+/m1/s1. The molecule has 0 spiro atoms. The van der Waals surface area contributed by atoms with Crippen LogP contribution in [0.2, 0.25) is 10.0 Å². The van der Waals surface area contributed by atoms with Crippen molar-refractivity contribution in [1.82, 2.24) is 0 Å². The molecule has 0 bridgehead atoms. The second kappa shape index (κ2) is 7.57. The van der Waals surface area contributed by atoms with Crippen LogP contribution in [0.3, 0.4) is 0 Å². The molecule has 0 radical (unpaired) electrons. The number of nitrogens with one attached hydrogen (secondary N) is 2. The Morgan fingerprint density at radius 3 is 2.46 bits per heavy atom. The Bertz CT molecular complexity index is 962. The lowest BCUT2D eigenvalue weighted by Crippen LogP contribution is -3.16. The van der Waals surface area contributed by atoms with Crippen LogP contribution in [0.15, 0.2) is 29.8 Å². The molecule has 1 aromatic rings. The minimum Gasteiger partial charge on any atom is -0.329 e. The molecule has 5 nitrogen and oxygen atoms in total. The Morgan fingerprint density at radius 1 is 1.21 bits per heavy atom. The fourth-order valence-electron chi connectivity index (χ4n) is 4.50. The summed E-state index contributed by atoms with van der Waals surface area (Å²) in [5.74, 6) is -1.78. The summed E-state index contributed by atoms with van der Waals surface area (Å²) in [7, 11) is 0. The van der Waals surface area contributed by atoms with E-state index in [0.29, 0.717) is 28.2 Å². The molecule has 0 amide bonds. The zero-order valence-electron chi connectivity index (χ0n) is 15.6. The zero-order valence-corrected chi connectivity index (χ0v) is 17.1. The van der Waals surface area contributed by atoms with Crippen LogP contribution in [0.25, 0.3) is 0 Å². The first kappa shape index (κ1) is 20.4. The molecule has 1 saturated carbocycles. The predicted molar refractivity (Wildman–Crippen MR) is 107 cm³/mol. The van der Waals surface area contributed by atoms with Gasteiger partial charge in [0, 0.05) is 11.8 Å². The molecule has 0 aromatic heterocycles. The number of benzene rings is 1. The molecule has 1 heterocycles. The number of halogens is 2. The maximum Gasteiger partial charge on any atom is 0.190 e. The maximum absolute atomic E-state index is 10.1. The third-order valence-electron chi connectivity index (χ3n) is 6.04. The molecule has 2 aliphatic rings. The number of hydrogen-bond acceptors (Lipinski definition) is 4. The van der Waals surface area contributed by atoms with E-state index < -0.39 is 17.3 Å². The molecule has 1 aliphatic carbocycles. The zero-order chi connectivity index (χ0) is 20.6. The van der Waals surface area contributed by atoms with Gasteiger partial charge >= 0.3 is 0 Å². The van der Waals surface area contributed by atoms with Crippen LogP contribution in [0, 0.1) is 56.7 Å². The van der Waals surface area contributed by atoms with Crippen LogP contribution < -0.4 is 4.90 Å². The molecule has 1 aliphatic heterocycles. The third kappa shape index (κ3) is 2.90. The Hall–Kier alpha value is -2.36. The number of nitriles is 3. The molecular weight excluding hydrogens is 393 g/mol. The van der Waals surface area contributed by atoms with Crippen molar-refractivity contribution in [1.29, 1.82) is 21.2 Å². The van der Waals surface area contributed by atoms with E-state index in [1.807, 2.05) is 6.08 Å². The van der Waals surface area contributed by atoms with Gasteiger partial charge in [0.1, 0.15) is 5.92 Å². The van der Waals surface area contributed by atoms with Crippen LogP contribution in [0.1, 0.15) is 25.3 Å². The molecule has 0 saturated heterocycles. The molecule has 1 aromatic carbocycles. The highest BCUT2D eigenvalue weighted by molar-refractivity contribution is 6.42. The van der Waals surface area contributed by atoms with Crippen molar-refractivity contribution in [2.24, 2.45) is 17.3 Å². The monoisotopic (exact) mass is 412 g/mol. The highest BCUT2D eigenvalue weighted by atomic mass is 35.5. The van der Waals surface area contributed by atoms with E-state index in [4.69, 9.17) is 28.6 Å². The quantitative estimate of drug-likeness (QED) is 0.729.